The van der Waals surface area contributed by atoms with E-state index in [2.05, 4.69) is 34.4 Å². The lowest BCUT2D eigenvalue weighted by Gasteiger charge is -2.19. The highest BCUT2D eigenvalue weighted by Gasteiger charge is 2.14. The maximum Gasteiger partial charge on any atom is 0.313 e. The van der Waals surface area contributed by atoms with Gasteiger partial charge in [-0.2, -0.15) is 0 Å². The number of hydrogen-bond donors (Lipinski definition) is 2. The van der Waals surface area contributed by atoms with Crippen molar-refractivity contribution in [3.63, 3.8) is 0 Å². The van der Waals surface area contributed by atoms with Crippen LogP contribution in [0.3, 0.4) is 0 Å². The van der Waals surface area contributed by atoms with Gasteiger partial charge in [-0.1, -0.05) is 23.7 Å². The second-order valence-corrected chi connectivity index (χ2v) is 6.23. The summed E-state index contributed by atoms with van der Waals surface area (Å²) in [5.74, 6) is -0.556. The maximum absolute atomic E-state index is 12.0. The number of carbonyl (C=O) groups is 2. The molecule has 2 N–H and O–H groups in total. The first-order valence-corrected chi connectivity index (χ1v) is 8.87. The Kier molecular flexibility index (Phi) is 6.97. The number of aryl methyl sites for hydroxylation is 1. The van der Waals surface area contributed by atoms with E-state index in [1.54, 1.807) is 24.4 Å². The number of carbonyl (C=O) groups excluding carboxylic acids is 2. The summed E-state index contributed by atoms with van der Waals surface area (Å²) in [7, 11) is 0. The van der Waals surface area contributed by atoms with Crippen molar-refractivity contribution in [1.82, 2.24) is 10.3 Å². The quantitative estimate of drug-likeness (QED) is 0.762. The van der Waals surface area contributed by atoms with Gasteiger partial charge in [-0.05, 0) is 50.1 Å². The summed E-state index contributed by atoms with van der Waals surface area (Å²) in [6, 6.07) is 8.90. The molecular formula is C19H23ClN4O2. The van der Waals surface area contributed by atoms with Gasteiger partial charge in [0.25, 0.3) is 0 Å². The van der Waals surface area contributed by atoms with Gasteiger partial charge in [-0.15, -0.1) is 0 Å². The van der Waals surface area contributed by atoms with Gasteiger partial charge >= 0.3 is 11.8 Å². The van der Waals surface area contributed by atoms with Crippen LogP contribution in [-0.2, 0) is 16.1 Å². The first-order valence-electron chi connectivity index (χ1n) is 8.49. The minimum absolute atomic E-state index is 0.228. The van der Waals surface area contributed by atoms with Crippen LogP contribution in [-0.4, -0.2) is 29.9 Å². The van der Waals surface area contributed by atoms with Crippen molar-refractivity contribution < 1.29 is 9.59 Å². The summed E-state index contributed by atoms with van der Waals surface area (Å²) in [5.41, 5.74) is 2.16. The molecule has 138 valence electrons. The van der Waals surface area contributed by atoms with E-state index in [-0.39, 0.29) is 6.54 Å². The fourth-order valence-electron chi connectivity index (χ4n) is 2.43. The molecule has 2 rings (SSSR count). The largest absolute Gasteiger partial charge is 0.357 e. The van der Waals surface area contributed by atoms with E-state index < -0.39 is 11.8 Å². The van der Waals surface area contributed by atoms with Crippen molar-refractivity contribution in [2.75, 3.05) is 23.3 Å². The Labute approximate surface area is 158 Å². The van der Waals surface area contributed by atoms with Gasteiger partial charge in [0.05, 0.1) is 0 Å². The van der Waals surface area contributed by atoms with Crippen LogP contribution < -0.4 is 15.5 Å². The molecule has 0 unspecified atom stereocenters. The molecule has 0 aliphatic rings. The highest BCUT2D eigenvalue weighted by atomic mass is 35.5. The topological polar surface area (TPSA) is 74.3 Å². The van der Waals surface area contributed by atoms with Crippen LogP contribution in [0.2, 0.25) is 5.02 Å². The fourth-order valence-corrected chi connectivity index (χ4v) is 2.60. The molecule has 0 fully saturated rings. The minimum atomic E-state index is -0.733. The average molecular weight is 375 g/mol. The van der Waals surface area contributed by atoms with E-state index in [0.29, 0.717) is 10.7 Å². The Morgan fingerprint density at radius 3 is 2.46 bits per heavy atom. The van der Waals surface area contributed by atoms with E-state index in [1.807, 2.05) is 19.1 Å². The molecule has 0 atom stereocenters. The zero-order valence-corrected chi connectivity index (χ0v) is 15.9. The molecule has 1 aromatic carbocycles. The Bertz CT molecular complexity index is 774. The third kappa shape index (κ3) is 5.20. The Hall–Kier alpha value is -2.60. The van der Waals surface area contributed by atoms with Gasteiger partial charge in [0.15, 0.2) is 0 Å². The molecule has 2 aromatic rings. The lowest BCUT2D eigenvalue weighted by Crippen LogP contribution is -2.35. The molecule has 6 nitrogen and oxygen atoms in total. The first-order chi connectivity index (χ1) is 12.4. The molecule has 1 aromatic heterocycles. The van der Waals surface area contributed by atoms with Crippen LogP contribution in [0, 0.1) is 6.92 Å². The number of benzene rings is 1. The molecular weight excluding hydrogens is 352 g/mol. The number of halogens is 1. The first kappa shape index (κ1) is 19.7. The van der Waals surface area contributed by atoms with Gasteiger partial charge in [0, 0.05) is 36.5 Å². The van der Waals surface area contributed by atoms with Crippen molar-refractivity contribution in [3.05, 3.63) is 52.7 Å². The summed E-state index contributed by atoms with van der Waals surface area (Å²) in [6.45, 7) is 7.95. The number of amides is 2. The van der Waals surface area contributed by atoms with Gasteiger partial charge < -0.3 is 15.5 Å². The predicted octanol–water partition coefficient (Wildman–Crippen LogP) is 3.14. The predicted molar refractivity (Wildman–Crippen MR) is 104 cm³/mol. The van der Waals surface area contributed by atoms with Crippen molar-refractivity contribution in [2.24, 2.45) is 0 Å². The molecule has 1 heterocycles. The number of rotatable bonds is 6. The van der Waals surface area contributed by atoms with Crippen molar-refractivity contribution in [3.8, 4) is 0 Å². The second kappa shape index (κ2) is 9.20. The monoisotopic (exact) mass is 374 g/mol. The Morgan fingerprint density at radius 2 is 1.85 bits per heavy atom. The molecule has 0 saturated heterocycles. The number of pyridine rings is 1. The standard InChI is InChI=1S/C19H23ClN4O2/c1-4-24(5-2)17-9-7-14(11-21-17)12-22-18(25)19(26)23-16-10-15(20)8-6-13(16)3/h6-11H,4-5,12H2,1-3H3,(H,22,25)(H,23,26). The lowest BCUT2D eigenvalue weighted by molar-refractivity contribution is -0.136. The van der Waals surface area contributed by atoms with Gasteiger partial charge in [-0.3, -0.25) is 9.59 Å². The van der Waals surface area contributed by atoms with Crippen molar-refractivity contribution in [1.29, 1.82) is 0 Å². The van der Waals surface area contributed by atoms with Crippen molar-refractivity contribution in [2.45, 2.75) is 27.3 Å². The SMILES string of the molecule is CCN(CC)c1ccc(CNC(=O)C(=O)Nc2cc(Cl)ccc2C)cn1. The maximum atomic E-state index is 12.0. The number of nitrogens with zero attached hydrogens (tertiary/aromatic N) is 2. The van der Waals surface area contributed by atoms with Crippen LogP contribution in [0.15, 0.2) is 36.5 Å². The van der Waals surface area contributed by atoms with Crippen molar-refractivity contribution >= 4 is 34.9 Å². The highest BCUT2D eigenvalue weighted by molar-refractivity contribution is 6.40. The molecule has 2 amide bonds. The molecule has 0 aliphatic carbocycles. The van der Waals surface area contributed by atoms with Gasteiger partial charge in [0.1, 0.15) is 5.82 Å². The number of hydrogen-bond acceptors (Lipinski definition) is 4. The minimum Gasteiger partial charge on any atom is -0.357 e. The number of aromatic nitrogens is 1. The van der Waals surface area contributed by atoms with Crippen LogP contribution in [0.1, 0.15) is 25.0 Å². The fraction of sp³-hybridized carbons (Fsp3) is 0.316. The summed E-state index contributed by atoms with van der Waals surface area (Å²) in [6.07, 6.45) is 1.70. The molecule has 0 spiro atoms. The van der Waals surface area contributed by atoms with Crippen LogP contribution in [0.4, 0.5) is 11.5 Å². The normalized spacial score (nSPS) is 10.3. The number of nitrogens with one attached hydrogen (secondary N) is 2. The summed E-state index contributed by atoms with van der Waals surface area (Å²) in [4.78, 5) is 30.5. The molecule has 0 radical (unpaired) electrons. The Balaban J connectivity index is 1.91. The molecule has 26 heavy (non-hydrogen) atoms. The van der Waals surface area contributed by atoms with Gasteiger partial charge in [-0.25, -0.2) is 4.98 Å². The zero-order valence-electron chi connectivity index (χ0n) is 15.2. The van der Waals surface area contributed by atoms with E-state index in [4.69, 9.17) is 11.6 Å². The molecule has 0 saturated carbocycles. The van der Waals surface area contributed by atoms with Crippen LogP contribution >= 0.6 is 11.6 Å². The zero-order chi connectivity index (χ0) is 19.1. The summed E-state index contributed by atoms with van der Waals surface area (Å²) < 4.78 is 0. The molecule has 0 aliphatic heterocycles. The third-order valence-electron chi connectivity index (χ3n) is 4.00. The van der Waals surface area contributed by atoms with E-state index >= 15 is 0 Å². The van der Waals surface area contributed by atoms with E-state index in [1.165, 1.54) is 0 Å². The number of anilines is 2. The van der Waals surface area contributed by atoms with Crippen LogP contribution in [0.5, 0.6) is 0 Å². The molecule has 7 heteroatoms. The van der Waals surface area contributed by atoms with E-state index in [0.717, 1.165) is 30.0 Å². The highest BCUT2D eigenvalue weighted by Crippen LogP contribution is 2.20. The summed E-state index contributed by atoms with van der Waals surface area (Å²) in [5, 5.41) is 5.65. The summed E-state index contributed by atoms with van der Waals surface area (Å²) >= 11 is 5.91. The smallest absolute Gasteiger partial charge is 0.313 e. The molecule has 0 bridgehead atoms. The third-order valence-corrected chi connectivity index (χ3v) is 4.24. The van der Waals surface area contributed by atoms with Gasteiger partial charge in [0.2, 0.25) is 0 Å². The average Bonchev–Trinajstić information content (AvgIpc) is 2.64. The van der Waals surface area contributed by atoms with E-state index in [9.17, 15) is 9.59 Å². The lowest BCUT2D eigenvalue weighted by atomic mass is 10.2. The second-order valence-electron chi connectivity index (χ2n) is 5.79. The Morgan fingerprint density at radius 1 is 1.12 bits per heavy atom. The van der Waals surface area contributed by atoms with Crippen LogP contribution in [0.25, 0.3) is 0 Å².